The maximum Gasteiger partial charge on any atom is 0.411 e. The zero-order valence-corrected chi connectivity index (χ0v) is 14.4. The van der Waals surface area contributed by atoms with Gasteiger partial charge >= 0.3 is 6.18 Å². The molecule has 1 rings (SSSR count). The molecule has 0 saturated carbocycles. The van der Waals surface area contributed by atoms with Crippen LogP contribution in [0.2, 0.25) is 0 Å². The number of nitrogens with one attached hydrogen (secondary N) is 1. The lowest BCUT2D eigenvalue weighted by atomic mass is 10.3. The molecule has 1 aromatic rings. The summed E-state index contributed by atoms with van der Waals surface area (Å²) in [6.45, 7) is -2.12. The molecule has 3 N–H and O–H groups in total. The SMILES string of the molecule is Nc1cc(Br)c(S(=O)(=O)NCCOCC(F)(F)F)c(Br)c1. The van der Waals surface area contributed by atoms with Crippen LogP contribution in [0, 0.1) is 0 Å². The number of nitrogens with two attached hydrogens (primary N) is 1. The van der Waals surface area contributed by atoms with Crippen molar-refractivity contribution in [2.45, 2.75) is 11.1 Å². The van der Waals surface area contributed by atoms with Crippen molar-refractivity contribution < 1.29 is 26.3 Å². The fourth-order valence-electron chi connectivity index (χ4n) is 1.34. The standard InChI is InChI=1S/C10H11Br2F3N2O3S/c11-7-3-6(16)4-8(12)9(7)21(18,19)17-1-2-20-5-10(13,14)15/h3-4,17H,1-2,5,16H2. The number of alkyl halides is 3. The van der Waals surface area contributed by atoms with Crippen molar-refractivity contribution in [1.82, 2.24) is 4.72 Å². The number of hydrogen-bond donors (Lipinski definition) is 2. The lowest BCUT2D eigenvalue weighted by Gasteiger charge is -2.12. The molecule has 0 aliphatic heterocycles. The van der Waals surface area contributed by atoms with Crippen molar-refractivity contribution >= 4 is 47.6 Å². The van der Waals surface area contributed by atoms with E-state index < -0.39 is 29.4 Å². The summed E-state index contributed by atoms with van der Waals surface area (Å²) in [5, 5.41) is 0. The molecule has 0 radical (unpaired) electrons. The van der Waals surface area contributed by atoms with Crippen LogP contribution < -0.4 is 10.5 Å². The number of sulfonamides is 1. The first-order valence-corrected chi connectivity index (χ1v) is 8.48. The second-order valence-corrected chi connectivity index (χ2v) is 7.29. The fourth-order valence-corrected chi connectivity index (χ4v) is 4.97. The highest BCUT2D eigenvalue weighted by Crippen LogP contribution is 2.32. The van der Waals surface area contributed by atoms with Gasteiger partial charge in [-0.3, -0.25) is 0 Å². The molecule has 0 amide bonds. The molecule has 0 aromatic heterocycles. The zero-order valence-electron chi connectivity index (χ0n) is 10.4. The summed E-state index contributed by atoms with van der Waals surface area (Å²) in [6.07, 6.45) is -4.44. The minimum Gasteiger partial charge on any atom is -0.399 e. The van der Waals surface area contributed by atoms with Crippen LogP contribution in [0.25, 0.3) is 0 Å². The van der Waals surface area contributed by atoms with Gasteiger partial charge in [0.15, 0.2) is 0 Å². The fraction of sp³-hybridized carbons (Fsp3) is 0.400. The molecule has 21 heavy (non-hydrogen) atoms. The highest BCUT2D eigenvalue weighted by atomic mass is 79.9. The van der Waals surface area contributed by atoms with Crippen LogP contribution in [0.15, 0.2) is 26.0 Å². The number of halogens is 5. The van der Waals surface area contributed by atoms with Gasteiger partial charge < -0.3 is 10.5 Å². The van der Waals surface area contributed by atoms with Crippen molar-refractivity contribution in [3.63, 3.8) is 0 Å². The van der Waals surface area contributed by atoms with Crippen molar-refractivity contribution in [2.75, 3.05) is 25.5 Å². The van der Waals surface area contributed by atoms with Crippen LogP contribution in [-0.4, -0.2) is 34.4 Å². The van der Waals surface area contributed by atoms with Gasteiger partial charge in [0.1, 0.15) is 11.5 Å². The summed E-state index contributed by atoms with van der Waals surface area (Å²) < 4.78 is 66.5. The van der Waals surface area contributed by atoms with E-state index in [0.717, 1.165) is 0 Å². The van der Waals surface area contributed by atoms with Crippen LogP contribution in [-0.2, 0) is 14.8 Å². The molecule has 0 aliphatic rings. The van der Waals surface area contributed by atoms with E-state index in [4.69, 9.17) is 5.73 Å². The highest BCUT2D eigenvalue weighted by molar-refractivity contribution is 9.11. The van der Waals surface area contributed by atoms with E-state index in [0.29, 0.717) is 5.69 Å². The maximum atomic E-state index is 12.1. The van der Waals surface area contributed by atoms with Gasteiger partial charge in [0.05, 0.1) is 6.61 Å². The Bertz CT molecular complexity index is 585. The number of rotatable bonds is 6. The first-order chi connectivity index (χ1) is 9.53. The van der Waals surface area contributed by atoms with E-state index >= 15 is 0 Å². The van der Waals surface area contributed by atoms with E-state index in [1.54, 1.807) is 0 Å². The largest absolute Gasteiger partial charge is 0.411 e. The Morgan fingerprint density at radius 2 is 1.76 bits per heavy atom. The molecule has 5 nitrogen and oxygen atoms in total. The summed E-state index contributed by atoms with van der Waals surface area (Å²) in [5.41, 5.74) is 5.90. The molecule has 0 unspecified atom stereocenters. The molecule has 120 valence electrons. The average molecular weight is 456 g/mol. The maximum absolute atomic E-state index is 12.1. The lowest BCUT2D eigenvalue weighted by molar-refractivity contribution is -0.173. The van der Waals surface area contributed by atoms with Crippen molar-refractivity contribution in [3.8, 4) is 0 Å². The van der Waals surface area contributed by atoms with Crippen LogP contribution in [0.3, 0.4) is 0 Å². The minimum absolute atomic E-state index is 0.0903. The van der Waals surface area contributed by atoms with Crippen LogP contribution in [0.1, 0.15) is 0 Å². The van der Waals surface area contributed by atoms with Crippen LogP contribution in [0.5, 0.6) is 0 Å². The third-order valence-corrected chi connectivity index (χ3v) is 5.43. The van der Waals surface area contributed by atoms with Crippen LogP contribution in [0.4, 0.5) is 18.9 Å². The number of ether oxygens (including phenoxy) is 1. The number of hydrogen-bond acceptors (Lipinski definition) is 4. The molecule has 0 atom stereocenters. The minimum atomic E-state index is -4.44. The first-order valence-electron chi connectivity index (χ1n) is 5.41. The van der Waals surface area contributed by atoms with Gasteiger partial charge in [0.25, 0.3) is 0 Å². The average Bonchev–Trinajstić information content (AvgIpc) is 2.24. The van der Waals surface area contributed by atoms with Gasteiger partial charge in [-0.2, -0.15) is 13.2 Å². The van der Waals surface area contributed by atoms with Gasteiger partial charge in [-0.15, -0.1) is 0 Å². The monoisotopic (exact) mass is 454 g/mol. The first kappa shape index (κ1) is 18.7. The number of anilines is 1. The van der Waals surface area contributed by atoms with Crippen LogP contribution >= 0.6 is 31.9 Å². The Morgan fingerprint density at radius 3 is 2.24 bits per heavy atom. The molecule has 0 fully saturated rings. The summed E-state index contributed by atoms with van der Waals surface area (Å²) >= 11 is 6.15. The van der Waals surface area contributed by atoms with E-state index in [-0.39, 0.29) is 20.4 Å². The van der Waals surface area contributed by atoms with Crippen molar-refractivity contribution in [2.24, 2.45) is 0 Å². The third kappa shape index (κ3) is 6.10. The molecule has 0 saturated heterocycles. The molecular formula is C10H11Br2F3N2O3S. The topological polar surface area (TPSA) is 81.4 Å². The molecule has 0 heterocycles. The Morgan fingerprint density at radius 1 is 1.24 bits per heavy atom. The second kappa shape index (κ2) is 7.27. The molecule has 0 spiro atoms. The Balaban J connectivity index is 2.67. The summed E-state index contributed by atoms with van der Waals surface area (Å²) in [4.78, 5) is -0.0903. The Hall–Kier alpha value is -0.360. The van der Waals surface area contributed by atoms with E-state index in [1.165, 1.54) is 12.1 Å². The molecular weight excluding hydrogens is 445 g/mol. The summed E-state index contributed by atoms with van der Waals surface area (Å²) in [5.74, 6) is 0. The van der Waals surface area contributed by atoms with Gasteiger partial charge in [-0.25, -0.2) is 13.1 Å². The van der Waals surface area contributed by atoms with Gasteiger partial charge in [-0.05, 0) is 44.0 Å². The number of benzene rings is 1. The predicted molar refractivity (Wildman–Crippen MR) is 78.3 cm³/mol. The smallest absolute Gasteiger partial charge is 0.399 e. The molecule has 0 bridgehead atoms. The summed E-state index contributed by atoms with van der Waals surface area (Å²) in [7, 11) is -3.91. The third-order valence-electron chi connectivity index (χ3n) is 2.09. The predicted octanol–water partition coefficient (Wildman–Crippen LogP) is 2.65. The zero-order chi connectivity index (χ0) is 16.3. The van der Waals surface area contributed by atoms with Crippen molar-refractivity contribution in [3.05, 3.63) is 21.1 Å². The second-order valence-electron chi connectivity index (χ2n) is 3.88. The van der Waals surface area contributed by atoms with Gasteiger partial charge in [0, 0.05) is 21.2 Å². The van der Waals surface area contributed by atoms with E-state index in [9.17, 15) is 21.6 Å². The van der Waals surface area contributed by atoms with E-state index in [1.807, 2.05) is 0 Å². The summed E-state index contributed by atoms with van der Waals surface area (Å²) in [6, 6.07) is 2.80. The lowest BCUT2D eigenvalue weighted by Crippen LogP contribution is -2.29. The van der Waals surface area contributed by atoms with Crippen molar-refractivity contribution in [1.29, 1.82) is 0 Å². The van der Waals surface area contributed by atoms with Gasteiger partial charge in [0.2, 0.25) is 10.0 Å². The Labute approximate surface area is 136 Å². The number of nitrogen functional groups attached to an aromatic ring is 1. The van der Waals surface area contributed by atoms with Gasteiger partial charge in [-0.1, -0.05) is 0 Å². The molecule has 0 aliphatic carbocycles. The quantitative estimate of drug-likeness (QED) is 0.510. The highest BCUT2D eigenvalue weighted by Gasteiger charge is 2.27. The normalized spacial score (nSPS) is 12.6. The molecule has 1 aromatic carbocycles. The Kier molecular flexibility index (Phi) is 6.47. The van der Waals surface area contributed by atoms with E-state index in [2.05, 4.69) is 41.3 Å². The molecule has 11 heteroatoms.